The van der Waals surface area contributed by atoms with E-state index in [0.29, 0.717) is 17.5 Å². The van der Waals surface area contributed by atoms with Crippen molar-refractivity contribution in [3.05, 3.63) is 217 Å². The number of aromatic nitrogens is 4. The maximum atomic E-state index is 5.15. The molecule has 2 heterocycles. The lowest BCUT2D eigenvalue weighted by molar-refractivity contribution is 0.794. The van der Waals surface area contributed by atoms with Crippen LogP contribution < -0.4 is 0 Å². The van der Waals surface area contributed by atoms with E-state index in [1.54, 1.807) is 12.4 Å². The molecular weight excluding hydrogens is 669 g/mol. The van der Waals surface area contributed by atoms with E-state index in [2.05, 4.69) is 169 Å². The van der Waals surface area contributed by atoms with Gasteiger partial charge < -0.3 is 0 Å². The van der Waals surface area contributed by atoms with Crippen LogP contribution in [-0.4, -0.2) is 19.9 Å². The standard InChI is InChI=1S/C51H32N4/c1-2-13-33(14-3-1)35-15-10-17-37(31-35)49-53-48(34-27-29-52-30-28-34)54-50(55-49)38-18-11-16-36(32-38)39-22-12-26-46-47(39)42-21-6-9-25-45(42)51(46)43-23-7-4-19-40(43)41-20-5-8-24-44(41)51/h1-32H. The SMILES string of the molecule is c1ccc(-c2cccc(-c3nc(-c4ccncc4)nc(-c4cccc(-c5cccc6c5-c5ccccc5C65c6ccccc6-c6ccccc65)c4)n3)c2)cc1. The number of pyridine rings is 1. The summed E-state index contributed by atoms with van der Waals surface area (Å²) in [6.45, 7) is 0. The second-order valence-corrected chi connectivity index (χ2v) is 14.2. The second kappa shape index (κ2) is 12.4. The highest BCUT2D eigenvalue weighted by molar-refractivity contribution is 6.00. The van der Waals surface area contributed by atoms with Crippen LogP contribution in [0.2, 0.25) is 0 Å². The number of hydrogen-bond acceptors (Lipinski definition) is 4. The predicted molar refractivity (Wildman–Crippen MR) is 221 cm³/mol. The van der Waals surface area contributed by atoms with Crippen LogP contribution in [0.1, 0.15) is 22.3 Å². The first-order valence-electron chi connectivity index (χ1n) is 18.6. The van der Waals surface area contributed by atoms with Crippen molar-refractivity contribution >= 4 is 0 Å². The topological polar surface area (TPSA) is 51.6 Å². The van der Waals surface area contributed by atoms with E-state index in [1.165, 1.54) is 50.1 Å². The Morgan fingerprint density at radius 3 is 1.38 bits per heavy atom. The molecule has 0 amide bonds. The molecule has 9 aromatic rings. The van der Waals surface area contributed by atoms with Gasteiger partial charge in [-0.3, -0.25) is 4.98 Å². The van der Waals surface area contributed by atoms with Crippen molar-refractivity contribution < 1.29 is 0 Å². The molecule has 4 nitrogen and oxygen atoms in total. The minimum atomic E-state index is -0.399. The zero-order valence-electron chi connectivity index (χ0n) is 29.8. The molecule has 2 aromatic heterocycles. The summed E-state index contributed by atoms with van der Waals surface area (Å²) in [5, 5.41) is 0. The first-order valence-corrected chi connectivity index (χ1v) is 18.6. The van der Waals surface area contributed by atoms with Crippen LogP contribution in [0.25, 0.3) is 78.7 Å². The van der Waals surface area contributed by atoms with Crippen LogP contribution in [0.4, 0.5) is 0 Å². The van der Waals surface area contributed by atoms with Crippen molar-refractivity contribution in [2.75, 3.05) is 0 Å². The van der Waals surface area contributed by atoms with Gasteiger partial charge in [-0.05, 0) is 91.0 Å². The van der Waals surface area contributed by atoms with Crippen molar-refractivity contribution in [3.8, 4) is 78.7 Å². The molecule has 0 N–H and O–H groups in total. The molecule has 0 unspecified atom stereocenters. The van der Waals surface area contributed by atoms with Crippen LogP contribution in [-0.2, 0) is 5.41 Å². The quantitative estimate of drug-likeness (QED) is 0.179. The Labute approximate surface area is 319 Å². The highest BCUT2D eigenvalue weighted by Crippen LogP contribution is 2.63. The molecule has 7 aromatic carbocycles. The molecule has 0 radical (unpaired) electrons. The van der Waals surface area contributed by atoms with Crippen LogP contribution in [0.3, 0.4) is 0 Å². The fourth-order valence-electron chi connectivity index (χ4n) is 8.94. The van der Waals surface area contributed by atoms with Gasteiger partial charge in [-0.1, -0.05) is 158 Å². The second-order valence-electron chi connectivity index (χ2n) is 14.2. The molecule has 0 atom stereocenters. The van der Waals surface area contributed by atoms with Gasteiger partial charge >= 0.3 is 0 Å². The number of nitrogens with zero attached hydrogens (tertiary/aromatic N) is 4. The summed E-state index contributed by atoms with van der Waals surface area (Å²) in [5.74, 6) is 1.84. The third kappa shape index (κ3) is 4.78. The van der Waals surface area contributed by atoms with Crippen molar-refractivity contribution in [2.45, 2.75) is 5.41 Å². The van der Waals surface area contributed by atoms with Crippen LogP contribution in [0.5, 0.6) is 0 Å². The van der Waals surface area contributed by atoms with Gasteiger partial charge in [0.15, 0.2) is 17.5 Å². The molecule has 0 saturated heterocycles. The zero-order valence-corrected chi connectivity index (χ0v) is 29.8. The highest BCUT2D eigenvalue weighted by atomic mass is 15.0. The van der Waals surface area contributed by atoms with Gasteiger partial charge in [0.1, 0.15) is 0 Å². The summed E-state index contributed by atoms with van der Waals surface area (Å²) in [6, 6.07) is 65.0. The Morgan fingerprint density at radius 1 is 0.291 bits per heavy atom. The fraction of sp³-hybridized carbons (Fsp3) is 0.0196. The van der Waals surface area contributed by atoms with E-state index in [0.717, 1.165) is 33.4 Å². The molecule has 1 spiro atoms. The number of rotatable bonds is 5. The number of benzene rings is 7. The molecule has 0 bridgehead atoms. The number of fused-ring (bicyclic) bond motifs is 10. The Hall–Kier alpha value is -7.30. The van der Waals surface area contributed by atoms with E-state index in [9.17, 15) is 0 Å². The Morgan fingerprint density at radius 2 is 0.727 bits per heavy atom. The smallest absolute Gasteiger partial charge is 0.164 e. The van der Waals surface area contributed by atoms with Gasteiger partial charge in [0.25, 0.3) is 0 Å². The highest BCUT2D eigenvalue weighted by Gasteiger charge is 2.51. The van der Waals surface area contributed by atoms with Gasteiger partial charge in [-0.15, -0.1) is 0 Å². The van der Waals surface area contributed by atoms with Crippen molar-refractivity contribution in [2.24, 2.45) is 0 Å². The minimum absolute atomic E-state index is 0.399. The normalized spacial score (nSPS) is 12.9. The maximum absolute atomic E-state index is 5.15. The van der Waals surface area contributed by atoms with Crippen molar-refractivity contribution in [1.82, 2.24) is 19.9 Å². The molecule has 11 rings (SSSR count). The summed E-state index contributed by atoms with van der Waals surface area (Å²) in [4.78, 5) is 19.5. The monoisotopic (exact) mass is 700 g/mol. The lowest BCUT2D eigenvalue weighted by Gasteiger charge is -2.30. The molecule has 0 aliphatic heterocycles. The van der Waals surface area contributed by atoms with Crippen LogP contribution in [0.15, 0.2) is 194 Å². The molecule has 0 fully saturated rings. The molecule has 0 saturated carbocycles. The predicted octanol–water partition coefficient (Wildman–Crippen LogP) is 11.9. The van der Waals surface area contributed by atoms with E-state index in [-0.39, 0.29) is 0 Å². The third-order valence-electron chi connectivity index (χ3n) is 11.3. The van der Waals surface area contributed by atoms with Gasteiger partial charge in [-0.25, -0.2) is 15.0 Å². The average molecular weight is 701 g/mol. The van der Waals surface area contributed by atoms with E-state index < -0.39 is 5.41 Å². The molecule has 55 heavy (non-hydrogen) atoms. The largest absolute Gasteiger partial charge is 0.265 e. The summed E-state index contributed by atoms with van der Waals surface area (Å²) < 4.78 is 0. The maximum Gasteiger partial charge on any atom is 0.164 e. The van der Waals surface area contributed by atoms with E-state index in [1.807, 2.05) is 18.2 Å². The van der Waals surface area contributed by atoms with Crippen molar-refractivity contribution in [1.29, 1.82) is 0 Å². The van der Waals surface area contributed by atoms with Gasteiger partial charge in [0.05, 0.1) is 5.41 Å². The Kier molecular flexibility index (Phi) is 7.04. The molecule has 256 valence electrons. The van der Waals surface area contributed by atoms with Crippen molar-refractivity contribution in [3.63, 3.8) is 0 Å². The lowest BCUT2D eigenvalue weighted by atomic mass is 9.70. The van der Waals surface area contributed by atoms with Crippen LogP contribution in [0, 0.1) is 0 Å². The fourth-order valence-corrected chi connectivity index (χ4v) is 8.94. The van der Waals surface area contributed by atoms with Crippen LogP contribution >= 0.6 is 0 Å². The Bertz CT molecular complexity index is 2890. The first-order chi connectivity index (χ1) is 27.3. The van der Waals surface area contributed by atoms with E-state index in [4.69, 9.17) is 15.0 Å². The van der Waals surface area contributed by atoms with Gasteiger partial charge in [-0.2, -0.15) is 0 Å². The average Bonchev–Trinajstić information content (AvgIpc) is 3.75. The minimum Gasteiger partial charge on any atom is -0.265 e. The first kappa shape index (κ1) is 31.2. The summed E-state index contributed by atoms with van der Waals surface area (Å²) in [7, 11) is 0. The number of hydrogen-bond donors (Lipinski definition) is 0. The van der Waals surface area contributed by atoms with E-state index >= 15 is 0 Å². The molecule has 2 aliphatic carbocycles. The van der Waals surface area contributed by atoms with Gasteiger partial charge in [0.2, 0.25) is 0 Å². The summed E-state index contributed by atoms with van der Waals surface area (Å²) in [5.41, 5.74) is 17.3. The summed E-state index contributed by atoms with van der Waals surface area (Å²) >= 11 is 0. The lowest BCUT2D eigenvalue weighted by Crippen LogP contribution is -2.25. The zero-order chi connectivity index (χ0) is 36.3. The summed E-state index contributed by atoms with van der Waals surface area (Å²) in [6.07, 6.45) is 3.55. The Balaban J connectivity index is 1.09. The molecule has 2 aliphatic rings. The molecular formula is C51H32N4. The molecule has 4 heteroatoms. The third-order valence-corrected chi connectivity index (χ3v) is 11.3. The van der Waals surface area contributed by atoms with Gasteiger partial charge in [0, 0.05) is 29.1 Å².